The Morgan fingerprint density at radius 1 is 0.619 bits per heavy atom. The highest BCUT2D eigenvalue weighted by Gasteiger charge is 2.33. The van der Waals surface area contributed by atoms with Gasteiger partial charge in [0.15, 0.2) is 0 Å². The molecule has 4 fully saturated rings. The fourth-order valence-corrected chi connectivity index (χ4v) is 5.89. The fraction of sp³-hybridized carbons (Fsp3) is 1.00. The summed E-state index contributed by atoms with van der Waals surface area (Å²) in [7, 11) is 0. The van der Waals surface area contributed by atoms with E-state index in [2.05, 4.69) is 47.0 Å². The van der Waals surface area contributed by atoms with Crippen molar-refractivity contribution in [1.29, 1.82) is 0 Å². The summed E-state index contributed by atoms with van der Waals surface area (Å²) in [5, 5.41) is 3.90. The van der Waals surface area contributed by atoms with Gasteiger partial charge in [0.2, 0.25) is 0 Å². The Hall–Kier alpha value is 1.36. The molecule has 0 amide bonds. The van der Waals surface area contributed by atoms with E-state index < -0.39 is 0 Å². The first-order valence-corrected chi connectivity index (χ1v) is 12.6. The molecule has 4 heterocycles. The third-order valence-electron chi connectivity index (χ3n) is 4.70. The van der Waals surface area contributed by atoms with Gasteiger partial charge in [0.1, 0.15) is 0 Å². The average Bonchev–Trinajstić information content (AvgIpc) is 3.31. The van der Waals surface area contributed by atoms with Crippen LogP contribution in [0, 0.1) is 11.8 Å². The highest BCUT2D eigenvalue weighted by molar-refractivity contribution is 8.07. The van der Waals surface area contributed by atoms with Gasteiger partial charge in [-0.2, -0.15) is 47.0 Å². The van der Waals surface area contributed by atoms with Crippen LogP contribution in [0.3, 0.4) is 0 Å². The molecule has 1 nitrogen and oxygen atoms in total. The van der Waals surface area contributed by atoms with E-state index in [1.54, 1.807) is 0 Å². The Bertz CT molecular complexity index is 277. The van der Waals surface area contributed by atoms with Crippen LogP contribution in [0.25, 0.3) is 0 Å². The summed E-state index contributed by atoms with van der Waals surface area (Å²) < 4.78 is 6.24. The predicted molar refractivity (Wildman–Crippen MR) is 101 cm³/mol. The molecule has 0 saturated carbocycles. The lowest BCUT2D eigenvalue weighted by Crippen LogP contribution is -2.19. The summed E-state index contributed by atoms with van der Waals surface area (Å²) in [4.78, 5) is 0. The highest BCUT2D eigenvalue weighted by Crippen LogP contribution is 2.43. The molecule has 0 bridgehead atoms. The maximum absolute atomic E-state index is 6.24. The smallest absolute Gasteiger partial charge is 0.0495 e. The largest absolute Gasteiger partial charge is 0.381 e. The number of thioether (sulfide) groups is 4. The molecule has 120 valence electrons. The first-order valence-electron chi connectivity index (χ1n) is 8.39. The Morgan fingerprint density at radius 2 is 0.905 bits per heavy atom. The predicted octanol–water partition coefficient (Wildman–Crippen LogP) is 4.26. The molecule has 4 aliphatic rings. The molecular weight excluding hydrogens is 336 g/mol. The zero-order valence-electron chi connectivity index (χ0n) is 12.6. The second-order valence-electron chi connectivity index (χ2n) is 7.03. The SMILES string of the molecule is C(OCC(CC1CS1)CC1CS1)C(CC1CS1)CC1CS1. The van der Waals surface area contributed by atoms with Crippen molar-refractivity contribution >= 4 is 47.0 Å². The first kappa shape index (κ1) is 15.9. The Morgan fingerprint density at radius 3 is 1.14 bits per heavy atom. The minimum Gasteiger partial charge on any atom is -0.381 e. The Kier molecular flexibility index (Phi) is 5.67. The van der Waals surface area contributed by atoms with E-state index in [0.717, 1.165) is 46.0 Å². The third kappa shape index (κ3) is 6.40. The summed E-state index contributed by atoms with van der Waals surface area (Å²) in [5.41, 5.74) is 0. The molecule has 0 N–H and O–H groups in total. The molecule has 4 aliphatic heterocycles. The normalized spacial score (nSPS) is 38.9. The van der Waals surface area contributed by atoms with E-state index >= 15 is 0 Å². The van der Waals surface area contributed by atoms with Crippen molar-refractivity contribution in [3.8, 4) is 0 Å². The molecule has 5 heteroatoms. The lowest BCUT2D eigenvalue weighted by atomic mass is 9.98. The van der Waals surface area contributed by atoms with Crippen molar-refractivity contribution in [2.24, 2.45) is 11.8 Å². The Labute approximate surface area is 146 Å². The molecule has 0 spiro atoms. The van der Waals surface area contributed by atoms with Crippen LogP contribution in [0.5, 0.6) is 0 Å². The molecule has 4 rings (SSSR count). The van der Waals surface area contributed by atoms with Gasteiger partial charge in [-0.05, 0) is 37.5 Å². The van der Waals surface area contributed by atoms with Gasteiger partial charge in [-0.15, -0.1) is 0 Å². The van der Waals surface area contributed by atoms with E-state index in [1.165, 1.54) is 48.7 Å². The zero-order valence-corrected chi connectivity index (χ0v) is 15.8. The Balaban J connectivity index is 1.17. The van der Waals surface area contributed by atoms with Crippen LogP contribution in [-0.2, 0) is 4.74 Å². The summed E-state index contributed by atoms with van der Waals surface area (Å²) in [6, 6.07) is 0. The van der Waals surface area contributed by atoms with Crippen LogP contribution in [0.4, 0.5) is 0 Å². The lowest BCUT2D eigenvalue weighted by molar-refractivity contribution is 0.0642. The number of hydrogen-bond donors (Lipinski definition) is 0. The molecule has 0 aromatic heterocycles. The zero-order chi connectivity index (χ0) is 14.1. The van der Waals surface area contributed by atoms with E-state index in [0.29, 0.717) is 0 Å². The van der Waals surface area contributed by atoms with Gasteiger partial charge >= 0.3 is 0 Å². The van der Waals surface area contributed by atoms with Crippen LogP contribution in [0.2, 0.25) is 0 Å². The van der Waals surface area contributed by atoms with Gasteiger partial charge in [0.05, 0.1) is 0 Å². The van der Waals surface area contributed by atoms with Gasteiger partial charge in [0, 0.05) is 57.2 Å². The molecule has 4 unspecified atom stereocenters. The van der Waals surface area contributed by atoms with E-state index in [1.807, 2.05) is 0 Å². The number of rotatable bonds is 12. The maximum atomic E-state index is 6.24. The standard InChI is InChI=1S/C16H26OS4/c1(13-7-18-13)11(2-14-8-19-14)5-17-6-12(3-15-9-20-15)4-16-10-21-16/h11-16H,1-10H2. The molecule has 4 atom stereocenters. The molecule has 21 heavy (non-hydrogen) atoms. The highest BCUT2D eigenvalue weighted by atomic mass is 32.2. The second kappa shape index (κ2) is 7.50. The molecular formula is C16H26OS4. The lowest BCUT2D eigenvalue weighted by Gasteiger charge is -2.20. The molecule has 0 aromatic rings. The second-order valence-corrected chi connectivity index (χ2v) is 12.4. The van der Waals surface area contributed by atoms with Crippen molar-refractivity contribution in [3.63, 3.8) is 0 Å². The van der Waals surface area contributed by atoms with Crippen molar-refractivity contribution in [3.05, 3.63) is 0 Å². The third-order valence-corrected chi connectivity index (χ3v) is 8.69. The van der Waals surface area contributed by atoms with E-state index in [4.69, 9.17) is 4.74 Å². The van der Waals surface area contributed by atoms with Crippen LogP contribution >= 0.6 is 47.0 Å². The van der Waals surface area contributed by atoms with Crippen molar-refractivity contribution in [2.45, 2.75) is 46.7 Å². The monoisotopic (exact) mass is 362 g/mol. The molecule has 0 aromatic carbocycles. The van der Waals surface area contributed by atoms with Crippen LogP contribution < -0.4 is 0 Å². The summed E-state index contributed by atoms with van der Waals surface area (Å²) >= 11 is 8.60. The first-order chi connectivity index (χ1) is 10.3. The average molecular weight is 363 g/mol. The van der Waals surface area contributed by atoms with Crippen LogP contribution in [-0.4, -0.2) is 57.2 Å². The van der Waals surface area contributed by atoms with Crippen LogP contribution in [0.15, 0.2) is 0 Å². The summed E-state index contributed by atoms with van der Waals surface area (Å²) in [6.45, 7) is 2.08. The minimum absolute atomic E-state index is 0.844. The van der Waals surface area contributed by atoms with Gasteiger partial charge in [-0.25, -0.2) is 0 Å². The van der Waals surface area contributed by atoms with Gasteiger partial charge < -0.3 is 4.74 Å². The number of ether oxygens (including phenoxy) is 1. The fourth-order valence-electron chi connectivity index (χ4n) is 3.17. The molecule has 4 saturated heterocycles. The summed E-state index contributed by atoms with van der Waals surface area (Å²) in [6.07, 6.45) is 5.68. The number of hydrogen-bond acceptors (Lipinski definition) is 5. The van der Waals surface area contributed by atoms with Crippen molar-refractivity contribution < 1.29 is 4.74 Å². The van der Waals surface area contributed by atoms with E-state index in [9.17, 15) is 0 Å². The van der Waals surface area contributed by atoms with Crippen molar-refractivity contribution in [2.75, 3.05) is 36.2 Å². The van der Waals surface area contributed by atoms with Gasteiger partial charge in [0.25, 0.3) is 0 Å². The van der Waals surface area contributed by atoms with Crippen LogP contribution in [0.1, 0.15) is 25.7 Å². The van der Waals surface area contributed by atoms with E-state index in [-0.39, 0.29) is 0 Å². The minimum atomic E-state index is 0.844. The summed E-state index contributed by atoms with van der Waals surface area (Å²) in [5.74, 6) is 7.33. The molecule has 0 radical (unpaired) electrons. The molecule has 0 aliphatic carbocycles. The van der Waals surface area contributed by atoms with Gasteiger partial charge in [-0.1, -0.05) is 0 Å². The van der Waals surface area contributed by atoms with Gasteiger partial charge in [-0.3, -0.25) is 0 Å². The topological polar surface area (TPSA) is 9.23 Å². The maximum Gasteiger partial charge on any atom is 0.0495 e. The van der Waals surface area contributed by atoms with Crippen molar-refractivity contribution in [1.82, 2.24) is 0 Å². The quantitative estimate of drug-likeness (QED) is 0.478.